The van der Waals surface area contributed by atoms with Gasteiger partial charge >= 0.3 is 181 Å². The molecule has 4 aliphatic rings. The van der Waals surface area contributed by atoms with Crippen LogP contribution in [0.2, 0.25) is 14.8 Å². The maximum atomic E-state index is 12.8. The second-order valence-electron chi connectivity index (χ2n) is 19.0. The minimum atomic E-state index is -2.17. The average molecular weight is 1120 g/mol. The number of rotatable bonds is 7. The molecule has 0 spiro atoms. The number of nitrogens with zero attached hydrogens (tertiary/aromatic N) is 10. The summed E-state index contributed by atoms with van der Waals surface area (Å²) in [7, 11) is 0. The van der Waals surface area contributed by atoms with E-state index in [-0.39, 0.29) is 18.1 Å². The van der Waals surface area contributed by atoms with Crippen LogP contribution in [0, 0.1) is 12.8 Å². The van der Waals surface area contributed by atoms with Crippen LogP contribution in [0.5, 0.6) is 0 Å². The molecule has 8 heterocycles. The molecular weight excluding hydrogens is 1060 g/mol. The van der Waals surface area contributed by atoms with Crippen LogP contribution in [0.25, 0.3) is 11.3 Å². The van der Waals surface area contributed by atoms with E-state index in [2.05, 4.69) is 121 Å². The smallest absolute Gasteiger partial charge is 0.322 e. The van der Waals surface area contributed by atoms with E-state index in [1.807, 2.05) is 35.5 Å². The van der Waals surface area contributed by atoms with Crippen LogP contribution >= 0.6 is 31.9 Å². The van der Waals surface area contributed by atoms with Crippen molar-refractivity contribution in [2.75, 3.05) is 59.7 Å². The minimum Gasteiger partial charge on any atom is -0.391 e. The molecule has 6 aromatic rings. The van der Waals surface area contributed by atoms with Gasteiger partial charge in [-0.25, -0.2) is 14.3 Å². The molecule has 4 fully saturated rings. The zero-order valence-electron chi connectivity index (χ0n) is 37.7. The van der Waals surface area contributed by atoms with Gasteiger partial charge in [0.15, 0.2) is 5.65 Å². The van der Waals surface area contributed by atoms with Crippen molar-refractivity contribution in [1.82, 2.24) is 39.0 Å². The molecule has 4 aliphatic heterocycles. The molecule has 0 unspecified atom stereocenters. The molecule has 15 nitrogen and oxygen atoms in total. The van der Waals surface area contributed by atoms with E-state index < -0.39 is 24.5 Å². The largest absolute Gasteiger partial charge is 0.391 e. The number of hydrogen-bond donors (Lipinski definition) is 3. The molecule has 0 aliphatic carbocycles. The number of β-amino-alcohol motifs (C(OH)–C–C–N with tert-alkyl or cyclic N) is 1. The van der Waals surface area contributed by atoms with Gasteiger partial charge in [0.05, 0.1) is 18.3 Å². The summed E-state index contributed by atoms with van der Waals surface area (Å²) in [4.78, 5) is 50.9. The van der Waals surface area contributed by atoms with Crippen molar-refractivity contribution in [2.45, 2.75) is 85.4 Å². The molecule has 4 aromatic heterocycles. The number of fused-ring (bicyclic) bond motifs is 2. The normalized spacial score (nSPS) is 21.1. The standard InChI is InChI=1S/C23H27N6O.C21H22Br2N6O2.3CH3.Sn/c1-16-9-12-27(15-16)23(30)25-19-14-24-29-13-10-21(26-22(19)29)28-11-5-8-20(28)18-7-4-3-6-17(18)2;22-13-3-4-16(23)15(10-13)18-2-1-7-28(18)19-6-9-29-20(26-19)17(11-24-29)25-21(31)27-8-5-14(30)12-27;;;;/h3,6-7,10,13-14,16,20H,5,8-9,11-12,15H2,1-2H3,(H,25,30);3-4,6,9-11,14,18,30H,1-2,5,7-8,12H2,(H,25,31);3*1H3;/t16-,20+;14-,18+;;;;/m00..../s1. The fraction of sp³-hybridized carbons (Fsp3) is 0.447. The second kappa shape index (κ2) is 19.0. The van der Waals surface area contributed by atoms with Gasteiger partial charge in [-0.05, 0) is 61.4 Å². The van der Waals surface area contributed by atoms with Crippen molar-refractivity contribution in [3.05, 3.63) is 99.0 Å². The number of likely N-dealkylation sites (tertiary alicyclic amines) is 2. The predicted octanol–water partition coefficient (Wildman–Crippen LogP) is 8.99. The van der Waals surface area contributed by atoms with E-state index in [1.54, 1.807) is 29.9 Å². The van der Waals surface area contributed by atoms with Gasteiger partial charge in [0.25, 0.3) is 0 Å². The Balaban J connectivity index is 0.000000165. The number of amides is 4. The van der Waals surface area contributed by atoms with Gasteiger partial charge in [0.1, 0.15) is 11.5 Å². The Morgan fingerprint density at radius 2 is 1.28 bits per heavy atom. The summed E-state index contributed by atoms with van der Waals surface area (Å²) in [6.07, 6.45) is 12.8. The van der Waals surface area contributed by atoms with E-state index in [9.17, 15) is 14.7 Å². The molecule has 0 radical (unpaired) electrons. The van der Waals surface area contributed by atoms with Crippen LogP contribution in [0.3, 0.4) is 0 Å². The Kier molecular flexibility index (Phi) is 13.4. The first-order chi connectivity index (χ1) is 31.2. The average Bonchev–Trinajstić information content (AvgIpc) is 4.15. The fourth-order valence-corrected chi connectivity index (χ4v) is 13.8. The molecule has 3 N–H and O–H groups in total. The Morgan fingerprint density at radius 3 is 1.82 bits per heavy atom. The number of nitrogens with one attached hydrogen (secondary N) is 2. The first-order valence-corrected chi connectivity index (χ1v) is 34.4. The Labute approximate surface area is 401 Å². The third-order valence-corrected chi connectivity index (χ3v) is 20.3. The van der Waals surface area contributed by atoms with Crippen LogP contribution in [0.4, 0.5) is 32.6 Å². The van der Waals surface area contributed by atoms with Gasteiger partial charge in [-0.3, -0.25) is 0 Å². The molecule has 10 rings (SSSR count). The Hall–Kier alpha value is -4.46. The molecule has 4 saturated heterocycles. The molecule has 0 bridgehead atoms. The summed E-state index contributed by atoms with van der Waals surface area (Å²) in [5.41, 5.74) is 6.55. The van der Waals surface area contributed by atoms with Crippen molar-refractivity contribution < 1.29 is 14.7 Å². The van der Waals surface area contributed by atoms with Crippen molar-refractivity contribution in [3.8, 4) is 0 Å². The maximum Gasteiger partial charge on any atom is 0.322 e. The number of halogens is 2. The van der Waals surface area contributed by atoms with E-state index in [4.69, 9.17) is 9.97 Å². The zero-order valence-corrected chi connectivity index (χ0v) is 43.7. The van der Waals surface area contributed by atoms with Gasteiger partial charge < -0.3 is 20.2 Å². The predicted molar refractivity (Wildman–Crippen MR) is 266 cm³/mol. The van der Waals surface area contributed by atoms with Crippen LogP contribution in [0.1, 0.15) is 74.2 Å². The molecule has 0 saturated carbocycles. The number of anilines is 4. The van der Waals surface area contributed by atoms with Crippen LogP contribution < -0.4 is 24.0 Å². The third-order valence-electron chi connectivity index (χ3n) is 13.3. The van der Waals surface area contributed by atoms with Gasteiger partial charge in [0, 0.05) is 47.9 Å². The zero-order chi connectivity index (χ0) is 45.6. The van der Waals surface area contributed by atoms with Crippen molar-refractivity contribution in [1.29, 1.82) is 0 Å². The number of carbonyl (C=O) groups is 2. The number of aromatic nitrogens is 6. The van der Waals surface area contributed by atoms with Crippen LogP contribution in [0.15, 0.2) is 82.3 Å². The summed E-state index contributed by atoms with van der Waals surface area (Å²) in [5.74, 6) is 2.36. The number of hydrogen-bond acceptors (Lipinski definition) is 9. The molecule has 4 atom stereocenters. The molecule has 2 aromatic carbocycles. The summed E-state index contributed by atoms with van der Waals surface area (Å²) in [6, 6.07) is 17.6. The van der Waals surface area contributed by atoms with E-state index in [1.165, 1.54) is 16.7 Å². The van der Waals surface area contributed by atoms with Crippen LogP contribution in [-0.4, -0.2) is 120 Å². The Morgan fingerprint density at radius 1 is 0.708 bits per heavy atom. The van der Waals surface area contributed by atoms with Gasteiger partial charge in [0.2, 0.25) is 0 Å². The Bertz CT molecular complexity index is 2720. The SMILES string of the molecule is Cc1cc[c]([Sn]([CH3])([CH3])[CH3])cc1[C@H]1CCCN1c1ccn2ncc(NC(=O)N3CC[C@H](C)C3)c2n1.O=C(Nc1cnn2ccc(N3CCC[C@@H]3c3cc(Br)ccc3Br)nc12)N1CC[C@H](O)C1. The summed E-state index contributed by atoms with van der Waals surface area (Å²) in [6.45, 7) is 8.81. The number of benzene rings is 2. The van der Waals surface area contributed by atoms with Gasteiger partial charge in [-0.1, -0.05) is 38.8 Å². The molecule has 18 heteroatoms. The number of carbonyl (C=O) groups excluding carboxylic acids is 2. The molecule has 65 heavy (non-hydrogen) atoms. The third kappa shape index (κ3) is 9.84. The molecule has 342 valence electrons. The number of urea groups is 2. The van der Waals surface area contributed by atoms with Crippen molar-refractivity contribution in [2.24, 2.45) is 5.92 Å². The summed E-state index contributed by atoms with van der Waals surface area (Å²) < 4.78 is 7.11. The van der Waals surface area contributed by atoms with Gasteiger partial charge in [-0.2, -0.15) is 5.10 Å². The number of aliphatic hydroxyl groups excluding tert-OH is 1. The maximum absolute atomic E-state index is 12.8. The van der Waals surface area contributed by atoms with Crippen molar-refractivity contribution in [3.63, 3.8) is 0 Å². The molecular formula is C47H58Br2N12O3Sn. The minimum absolute atomic E-state index is 0.0635. The van der Waals surface area contributed by atoms with Gasteiger partial charge in [-0.15, -0.1) is 0 Å². The quantitative estimate of drug-likeness (QED) is 0.133. The van der Waals surface area contributed by atoms with Crippen molar-refractivity contribution >= 4 is 100 Å². The summed E-state index contributed by atoms with van der Waals surface area (Å²) >= 11 is 5.11. The first kappa shape index (κ1) is 45.7. The first-order valence-electron chi connectivity index (χ1n) is 22.8. The van der Waals surface area contributed by atoms with Crippen LogP contribution in [-0.2, 0) is 0 Å². The van der Waals surface area contributed by atoms with E-state index in [0.717, 1.165) is 78.9 Å². The molecule has 4 amide bonds. The van der Waals surface area contributed by atoms with E-state index in [0.29, 0.717) is 54.1 Å². The number of aryl methyl sites for hydroxylation is 1. The monoisotopic (exact) mass is 1120 g/mol. The topological polar surface area (TPSA) is 152 Å². The van der Waals surface area contributed by atoms with E-state index >= 15 is 0 Å². The fourth-order valence-electron chi connectivity index (χ4n) is 9.61. The summed E-state index contributed by atoms with van der Waals surface area (Å²) in [5, 5.41) is 24.4. The second-order valence-corrected chi connectivity index (χ2v) is 35.3. The number of aliphatic hydroxyl groups is 1.